The van der Waals surface area contributed by atoms with Crippen LogP contribution in [0.15, 0.2) is 24.3 Å². The molecule has 2 aromatic rings. The van der Waals surface area contributed by atoms with Crippen molar-refractivity contribution in [3.05, 3.63) is 30.0 Å². The Bertz CT molecular complexity index is 580. The molecule has 1 N–H and O–H groups in total. The van der Waals surface area contributed by atoms with Crippen LogP contribution in [0.2, 0.25) is 0 Å². The van der Waals surface area contributed by atoms with E-state index in [1.807, 2.05) is 0 Å². The Kier molecular flexibility index (Phi) is 5.01. The molecule has 0 amide bonds. The molecule has 0 aliphatic rings. The van der Waals surface area contributed by atoms with Crippen molar-refractivity contribution < 1.29 is 0 Å². The van der Waals surface area contributed by atoms with Crippen molar-refractivity contribution in [3.8, 4) is 0 Å². The van der Waals surface area contributed by atoms with Crippen LogP contribution in [0, 0.1) is 0 Å². The average molecular weight is 288 g/mol. The molecule has 0 aliphatic heterocycles. The maximum Gasteiger partial charge on any atom is 0.0843 e. The van der Waals surface area contributed by atoms with E-state index in [1.165, 1.54) is 16.6 Å². The van der Waals surface area contributed by atoms with Gasteiger partial charge >= 0.3 is 0 Å². The summed E-state index contributed by atoms with van der Waals surface area (Å²) in [6, 6.07) is 8.49. The number of benzene rings is 1. The number of aromatic nitrogens is 2. The maximum atomic E-state index is 4.76. The Morgan fingerprint density at radius 2 is 1.95 bits per heavy atom. The van der Waals surface area contributed by atoms with Crippen molar-refractivity contribution >= 4 is 10.9 Å². The molecule has 1 aromatic heterocycles. The first-order valence-electron chi connectivity index (χ1n) is 7.78. The third kappa shape index (κ3) is 4.29. The van der Waals surface area contributed by atoms with E-state index in [1.54, 1.807) is 0 Å². The summed E-state index contributed by atoms with van der Waals surface area (Å²) in [5, 5.41) is 9.56. The minimum absolute atomic E-state index is 0.178. The van der Waals surface area contributed by atoms with Crippen molar-refractivity contribution in [1.29, 1.82) is 0 Å². The van der Waals surface area contributed by atoms with E-state index in [0.29, 0.717) is 0 Å². The van der Waals surface area contributed by atoms with E-state index < -0.39 is 0 Å². The number of hydrogen-bond acceptors (Lipinski definition) is 3. The van der Waals surface area contributed by atoms with Crippen molar-refractivity contribution in [2.45, 2.75) is 46.3 Å². The second kappa shape index (κ2) is 6.58. The first-order chi connectivity index (χ1) is 9.90. The van der Waals surface area contributed by atoms with Gasteiger partial charge < -0.3 is 5.32 Å². The summed E-state index contributed by atoms with van der Waals surface area (Å²) in [6.45, 7) is 12.5. The van der Waals surface area contributed by atoms with Crippen LogP contribution in [-0.4, -0.2) is 40.4 Å². The molecule has 0 bridgehead atoms. The summed E-state index contributed by atoms with van der Waals surface area (Å²) in [7, 11) is 2.16. The van der Waals surface area contributed by atoms with Crippen molar-refractivity contribution in [1.82, 2.24) is 20.0 Å². The second-order valence-electron chi connectivity index (χ2n) is 6.69. The lowest BCUT2D eigenvalue weighted by molar-refractivity contribution is 0.300. The Morgan fingerprint density at radius 3 is 2.62 bits per heavy atom. The Hall–Kier alpha value is -1.39. The molecule has 1 heterocycles. The summed E-state index contributed by atoms with van der Waals surface area (Å²) < 4.78 is 2.09. The molecule has 21 heavy (non-hydrogen) atoms. The lowest BCUT2D eigenvalue weighted by Gasteiger charge is -2.23. The molecule has 0 saturated carbocycles. The molecule has 2 rings (SSSR count). The van der Waals surface area contributed by atoms with E-state index in [9.17, 15) is 0 Å². The quantitative estimate of drug-likeness (QED) is 0.887. The summed E-state index contributed by atoms with van der Waals surface area (Å²) in [4.78, 5) is 2.33. The number of likely N-dealkylation sites (N-methyl/N-ethyl adjacent to an activating group) is 1. The maximum absolute atomic E-state index is 4.76. The van der Waals surface area contributed by atoms with Crippen LogP contribution in [-0.2, 0) is 13.1 Å². The van der Waals surface area contributed by atoms with Crippen molar-refractivity contribution in [3.63, 3.8) is 0 Å². The SMILES string of the molecule is CCn1nc(CN(C)CCNC(C)(C)C)c2ccccc21. The van der Waals surface area contributed by atoms with Gasteiger partial charge in [-0.15, -0.1) is 0 Å². The summed E-state index contributed by atoms with van der Waals surface area (Å²) >= 11 is 0. The van der Waals surface area contributed by atoms with Crippen LogP contribution in [0.25, 0.3) is 10.9 Å². The first-order valence-corrected chi connectivity index (χ1v) is 7.78. The Labute approximate surface area is 128 Å². The molecular weight excluding hydrogens is 260 g/mol. The van der Waals surface area contributed by atoms with Gasteiger partial charge in [-0.2, -0.15) is 5.10 Å². The standard InChI is InChI=1S/C17H28N4/c1-6-21-16-10-8-7-9-14(16)15(19-21)13-20(5)12-11-18-17(2,3)4/h7-10,18H,6,11-13H2,1-5H3. The fourth-order valence-electron chi connectivity index (χ4n) is 2.51. The predicted molar refractivity (Wildman–Crippen MR) is 89.5 cm³/mol. The second-order valence-corrected chi connectivity index (χ2v) is 6.69. The van der Waals surface area contributed by atoms with E-state index in [4.69, 9.17) is 5.10 Å². The van der Waals surface area contributed by atoms with Gasteiger partial charge in [-0.1, -0.05) is 18.2 Å². The molecule has 1 aromatic carbocycles. The van der Waals surface area contributed by atoms with Crippen LogP contribution >= 0.6 is 0 Å². The number of hydrogen-bond donors (Lipinski definition) is 1. The largest absolute Gasteiger partial charge is 0.311 e. The van der Waals surface area contributed by atoms with E-state index in [0.717, 1.165) is 26.2 Å². The zero-order chi connectivity index (χ0) is 15.5. The van der Waals surface area contributed by atoms with E-state index >= 15 is 0 Å². The van der Waals surface area contributed by atoms with Gasteiger partial charge in [0.2, 0.25) is 0 Å². The van der Waals surface area contributed by atoms with Crippen LogP contribution in [0.4, 0.5) is 0 Å². The third-order valence-corrected chi connectivity index (χ3v) is 3.60. The van der Waals surface area contributed by atoms with E-state index in [2.05, 4.69) is 73.9 Å². The molecule has 0 saturated heterocycles. The van der Waals surface area contributed by atoms with Crippen molar-refractivity contribution in [2.24, 2.45) is 0 Å². The Balaban J connectivity index is 2.02. The molecule has 116 valence electrons. The van der Waals surface area contributed by atoms with Crippen LogP contribution in [0.1, 0.15) is 33.4 Å². The van der Waals surface area contributed by atoms with Gasteiger partial charge in [0.25, 0.3) is 0 Å². The number of nitrogens with zero attached hydrogens (tertiary/aromatic N) is 3. The lowest BCUT2D eigenvalue weighted by Crippen LogP contribution is -2.40. The number of nitrogens with one attached hydrogen (secondary N) is 1. The van der Waals surface area contributed by atoms with Crippen LogP contribution in [0.5, 0.6) is 0 Å². The molecule has 0 aliphatic carbocycles. The van der Waals surface area contributed by atoms with Crippen molar-refractivity contribution in [2.75, 3.05) is 20.1 Å². The molecule has 0 radical (unpaired) electrons. The Morgan fingerprint density at radius 1 is 1.24 bits per heavy atom. The molecule has 4 heteroatoms. The minimum atomic E-state index is 0.178. The van der Waals surface area contributed by atoms with Gasteiger partial charge in [0.05, 0.1) is 11.2 Å². The monoisotopic (exact) mass is 288 g/mol. The normalized spacial score (nSPS) is 12.5. The van der Waals surface area contributed by atoms with Gasteiger partial charge in [0, 0.05) is 37.1 Å². The van der Waals surface area contributed by atoms with E-state index in [-0.39, 0.29) is 5.54 Å². The predicted octanol–water partition coefficient (Wildman–Crippen LogP) is 2.88. The van der Waals surface area contributed by atoms with Gasteiger partial charge in [-0.05, 0) is 40.8 Å². The third-order valence-electron chi connectivity index (χ3n) is 3.60. The lowest BCUT2D eigenvalue weighted by atomic mass is 10.1. The molecule has 4 nitrogen and oxygen atoms in total. The van der Waals surface area contributed by atoms with Crippen LogP contribution < -0.4 is 5.32 Å². The highest BCUT2D eigenvalue weighted by atomic mass is 15.3. The smallest absolute Gasteiger partial charge is 0.0843 e. The summed E-state index contributed by atoms with van der Waals surface area (Å²) in [5.74, 6) is 0. The fourth-order valence-corrected chi connectivity index (χ4v) is 2.51. The number of para-hydroxylation sites is 1. The topological polar surface area (TPSA) is 33.1 Å². The fraction of sp³-hybridized carbons (Fsp3) is 0.588. The highest BCUT2D eigenvalue weighted by molar-refractivity contribution is 5.81. The van der Waals surface area contributed by atoms with Gasteiger partial charge in [0.1, 0.15) is 0 Å². The number of fused-ring (bicyclic) bond motifs is 1. The van der Waals surface area contributed by atoms with Gasteiger partial charge in [0.15, 0.2) is 0 Å². The first kappa shape index (κ1) is 16.0. The number of aryl methyl sites for hydroxylation is 1. The zero-order valence-corrected chi connectivity index (χ0v) is 14.0. The molecule has 0 unspecified atom stereocenters. The summed E-state index contributed by atoms with van der Waals surface area (Å²) in [6.07, 6.45) is 0. The average Bonchev–Trinajstić information content (AvgIpc) is 2.76. The molecule has 0 spiro atoms. The van der Waals surface area contributed by atoms with Gasteiger partial charge in [-0.3, -0.25) is 9.58 Å². The highest BCUT2D eigenvalue weighted by Crippen LogP contribution is 2.19. The number of rotatable bonds is 6. The molecular formula is C17H28N4. The highest BCUT2D eigenvalue weighted by Gasteiger charge is 2.12. The minimum Gasteiger partial charge on any atom is -0.311 e. The summed E-state index contributed by atoms with van der Waals surface area (Å²) in [5.41, 5.74) is 2.58. The molecule has 0 fully saturated rings. The zero-order valence-electron chi connectivity index (χ0n) is 14.0. The van der Waals surface area contributed by atoms with Crippen LogP contribution in [0.3, 0.4) is 0 Å². The van der Waals surface area contributed by atoms with Gasteiger partial charge in [-0.25, -0.2) is 0 Å². The molecule has 0 atom stereocenters.